The van der Waals surface area contributed by atoms with Crippen molar-refractivity contribution in [1.82, 2.24) is 4.98 Å². The van der Waals surface area contributed by atoms with E-state index in [-0.39, 0.29) is 5.82 Å². The molecule has 0 spiro atoms. The van der Waals surface area contributed by atoms with E-state index in [0.29, 0.717) is 11.5 Å². The Labute approximate surface area is 158 Å². The third-order valence-corrected chi connectivity index (χ3v) is 6.06. The summed E-state index contributed by atoms with van der Waals surface area (Å²) in [6, 6.07) is 9.86. The molecule has 1 nitrogen and oxygen atoms in total. The van der Waals surface area contributed by atoms with Crippen LogP contribution in [0.5, 0.6) is 0 Å². The second-order valence-electron chi connectivity index (χ2n) is 7.87. The summed E-state index contributed by atoms with van der Waals surface area (Å²) >= 11 is 0. The molecule has 1 fully saturated rings. The van der Waals surface area contributed by atoms with Crippen LogP contribution in [0.3, 0.4) is 0 Å². The smallest absolute Gasteiger partial charge is 0.132 e. The van der Waals surface area contributed by atoms with Crippen LogP contribution in [0.15, 0.2) is 36.5 Å². The fourth-order valence-electron chi connectivity index (χ4n) is 4.21. The summed E-state index contributed by atoms with van der Waals surface area (Å²) in [6.07, 6.45) is 12.9. The molecule has 2 heteroatoms. The molecule has 1 heterocycles. The molecule has 1 saturated carbocycles. The van der Waals surface area contributed by atoms with E-state index < -0.39 is 0 Å². The first-order valence-electron chi connectivity index (χ1n) is 10.5. The van der Waals surface area contributed by atoms with Crippen LogP contribution in [0, 0.1) is 11.7 Å². The first-order valence-corrected chi connectivity index (χ1v) is 10.5. The maximum Gasteiger partial charge on any atom is 0.132 e. The summed E-state index contributed by atoms with van der Waals surface area (Å²) in [5, 5.41) is 0. The predicted molar refractivity (Wildman–Crippen MR) is 108 cm³/mol. The third-order valence-electron chi connectivity index (χ3n) is 6.06. The Kier molecular flexibility index (Phi) is 6.82. The summed E-state index contributed by atoms with van der Waals surface area (Å²) in [7, 11) is 0. The summed E-state index contributed by atoms with van der Waals surface area (Å²) in [5.41, 5.74) is 3.77. The zero-order valence-electron chi connectivity index (χ0n) is 16.3. The monoisotopic (exact) mass is 353 g/mol. The van der Waals surface area contributed by atoms with Crippen LogP contribution in [-0.2, 0) is 6.42 Å². The van der Waals surface area contributed by atoms with Crippen LogP contribution in [-0.4, -0.2) is 4.98 Å². The maximum atomic E-state index is 14.7. The van der Waals surface area contributed by atoms with Gasteiger partial charge in [-0.3, -0.25) is 4.98 Å². The zero-order valence-corrected chi connectivity index (χ0v) is 16.3. The Hall–Kier alpha value is -1.70. The number of rotatable bonds is 7. The molecule has 0 amide bonds. The average Bonchev–Trinajstić information content (AvgIpc) is 2.69. The van der Waals surface area contributed by atoms with Crippen LogP contribution in [0.1, 0.15) is 82.3 Å². The van der Waals surface area contributed by atoms with Gasteiger partial charge in [0, 0.05) is 11.8 Å². The Morgan fingerprint density at radius 1 is 1.00 bits per heavy atom. The molecule has 1 aromatic carbocycles. The van der Waals surface area contributed by atoms with Gasteiger partial charge in [0.05, 0.1) is 5.69 Å². The largest absolute Gasteiger partial charge is 0.256 e. The molecule has 1 aliphatic rings. The molecule has 0 saturated heterocycles. The SMILES string of the molecule is CCCCCc1ccc(-c2ccc([C@H]3CC[C@H](CC)CC3)cc2F)nc1. The minimum atomic E-state index is -0.133. The highest BCUT2D eigenvalue weighted by molar-refractivity contribution is 5.60. The van der Waals surface area contributed by atoms with Gasteiger partial charge in [-0.15, -0.1) is 0 Å². The van der Waals surface area contributed by atoms with Gasteiger partial charge in [-0.2, -0.15) is 0 Å². The first kappa shape index (κ1) is 19.1. The van der Waals surface area contributed by atoms with Crippen LogP contribution < -0.4 is 0 Å². The molecule has 0 bridgehead atoms. The number of nitrogens with zero attached hydrogens (tertiary/aromatic N) is 1. The molecule has 1 aromatic heterocycles. The highest BCUT2D eigenvalue weighted by atomic mass is 19.1. The Balaban J connectivity index is 1.67. The molecule has 0 N–H and O–H groups in total. The van der Waals surface area contributed by atoms with Gasteiger partial charge in [0.1, 0.15) is 5.82 Å². The maximum absolute atomic E-state index is 14.7. The van der Waals surface area contributed by atoms with Gasteiger partial charge in [-0.05, 0) is 79.7 Å². The lowest BCUT2D eigenvalue weighted by Gasteiger charge is -2.28. The van der Waals surface area contributed by atoms with E-state index in [0.717, 1.165) is 23.6 Å². The van der Waals surface area contributed by atoms with Crippen LogP contribution in [0.2, 0.25) is 0 Å². The first-order chi connectivity index (χ1) is 12.7. The lowest BCUT2D eigenvalue weighted by Crippen LogP contribution is -2.12. The minimum Gasteiger partial charge on any atom is -0.256 e. The lowest BCUT2D eigenvalue weighted by atomic mass is 9.77. The Morgan fingerprint density at radius 3 is 2.42 bits per heavy atom. The van der Waals surface area contributed by atoms with Crippen LogP contribution >= 0.6 is 0 Å². The standard InChI is InChI=1S/C24H32FN/c1-3-5-6-7-19-10-15-24(26-17-19)22-14-13-21(16-23(22)25)20-11-8-18(4-2)9-12-20/h10,13-18,20H,3-9,11-12H2,1-2H3/t18-,20-. The molecule has 0 unspecified atom stereocenters. The van der Waals surface area contributed by atoms with E-state index >= 15 is 0 Å². The molecule has 3 rings (SSSR count). The minimum absolute atomic E-state index is 0.133. The number of benzene rings is 1. The van der Waals surface area contributed by atoms with E-state index in [1.165, 1.54) is 56.9 Å². The molecular formula is C24H32FN. The normalized spacial score (nSPS) is 20.3. The predicted octanol–water partition coefficient (Wildman–Crippen LogP) is 7.30. The van der Waals surface area contributed by atoms with Crippen molar-refractivity contribution in [2.45, 2.75) is 77.6 Å². The quantitative estimate of drug-likeness (QED) is 0.476. The number of aromatic nitrogens is 1. The zero-order chi connectivity index (χ0) is 18.4. The molecular weight excluding hydrogens is 321 g/mol. The molecule has 0 aliphatic heterocycles. The van der Waals surface area contributed by atoms with Crippen molar-refractivity contribution in [3.8, 4) is 11.3 Å². The fraction of sp³-hybridized carbons (Fsp3) is 0.542. The lowest BCUT2D eigenvalue weighted by molar-refractivity contribution is 0.318. The second-order valence-corrected chi connectivity index (χ2v) is 7.87. The van der Waals surface area contributed by atoms with E-state index in [9.17, 15) is 4.39 Å². The van der Waals surface area contributed by atoms with Crippen LogP contribution in [0.25, 0.3) is 11.3 Å². The van der Waals surface area contributed by atoms with Gasteiger partial charge in [0.25, 0.3) is 0 Å². The number of aryl methyl sites for hydroxylation is 1. The summed E-state index contributed by atoms with van der Waals surface area (Å²) < 4.78 is 14.7. The Bertz CT molecular complexity index is 684. The van der Waals surface area contributed by atoms with Crippen molar-refractivity contribution >= 4 is 0 Å². The van der Waals surface area contributed by atoms with Gasteiger partial charge in [0.2, 0.25) is 0 Å². The van der Waals surface area contributed by atoms with Crippen molar-refractivity contribution in [3.05, 3.63) is 53.5 Å². The highest BCUT2D eigenvalue weighted by Crippen LogP contribution is 2.38. The molecule has 0 atom stereocenters. The molecule has 0 radical (unpaired) electrons. The van der Waals surface area contributed by atoms with E-state index in [1.54, 1.807) is 6.07 Å². The third kappa shape index (κ3) is 4.72. The number of unbranched alkanes of at least 4 members (excludes halogenated alkanes) is 2. The van der Waals surface area contributed by atoms with Crippen LogP contribution in [0.4, 0.5) is 4.39 Å². The molecule has 140 valence electrons. The second kappa shape index (κ2) is 9.30. The van der Waals surface area contributed by atoms with Gasteiger partial charge in [-0.1, -0.05) is 45.2 Å². The summed E-state index contributed by atoms with van der Waals surface area (Å²) in [4.78, 5) is 4.51. The molecule has 26 heavy (non-hydrogen) atoms. The summed E-state index contributed by atoms with van der Waals surface area (Å²) in [6.45, 7) is 4.49. The summed E-state index contributed by atoms with van der Waals surface area (Å²) in [5.74, 6) is 1.26. The topological polar surface area (TPSA) is 12.9 Å². The van der Waals surface area contributed by atoms with Crippen molar-refractivity contribution in [1.29, 1.82) is 0 Å². The van der Waals surface area contributed by atoms with E-state index in [4.69, 9.17) is 0 Å². The van der Waals surface area contributed by atoms with Gasteiger partial charge < -0.3 is 0 Å². The average molecular weight is 354 g/mol. The molecule has 2 aromatic rings. The number of pyridine rings is 1. The van der Waals surface area contributed by atoms with Crippen molar-refractivity contribution in [2.75, 3.05) is 0 Å². The highest BCUT2D eigenvalue weighted by Gasteiger charge is 2.22. The van der Waals surface area contributed by atoms with E-state index in [1.807, 2.05) is 18.3 Å². The van der Waals surface area contributed by atoms with Gasteiger partial charge >= 0.3 is 0 Å². The van der Waals surface area contributed by atoms with Crippen molar-refractivity contribution in [3.63, 3.8) is 0 Å². The van der Waals surface area contributed by atoms with Gasteiger partial charge in [-0.25, -0.2) is 4.39 Å². The molecule has 1 aliphatic carbocycles. The fourth-order valence-corrected chi connectivity index (χ4v) is 4.21. The van der Waals surface area contributed by atoms with Crippen molar-refractivity contribution in [2.24, 2.45) is 5.92 Å². The van der Waals surface area contributed by atoms with E-state index in [2.05, 4.69) is 31.0 Å². The van der Waals surface area contributed by atoms with Crippen molar-refractivity contribution < 1.29 is 4.39 Å². The number of hydrogen-bond donors (Lipinski definition) is 0. The number of halogens is 1. The number of hydrogen-bond acceptors (Lipinski definition) is 1. The van der Waals surface area contributed by atoms with Gasteiger partial charge in [0.15, 0.2) is 0 Å². The Morgan fingerprint density at radius 2 is 1.81 bits per heavy atom.